The molecule has 3 heterocycles. The maximum atomic E-state index is 12.3. The molecule has 5 nitrogen and oxygen atoms in total. The third-order valence-electron chi connectivity index (χ3n) is 3.79. The van der Waals surface area contributed by atoms with Crippen LogP contribution in [0, 0.1) is 6.92 Å². The van der Waals surface area contributed by atoms with Gasteiger partial charge in [0, 0.05) is 50.1 Å². The van der Waals surface area contributed by atoms with Crippen molar-refractivity contribution < 1.29 is 9.53 Å². The minimum Gasteiger partial charge on any atom is -0.474 e. The highest BCUT2D eigenvalue weighted by Gasteiger charge is 2.25. The van der Waals surface area contributed by atoms with E-state index in [1.54, 1.807) is 24.5 Å². The molecule has 0 saturated carbocycles. The molecule has 114 valence electrons. The Balaban J connectivity index is 1.55. The Kier molecular flexibility index (Phi) is 4.32. The molecule has 2 aromatic rings. The van der Waals surface area contributed by atoms with Crippen LogP contribution in [0.3, 0.4) is 0 Å². The lowest BCUT2D eigenvalue weighted by atomic mass is 10.1. The number of rotatable bonds is 3. The van der Waals surface area contributed by atoms with Crippen LogP contribution in [-0.2, 0) is 0 Å². The molecule has 1 aliphatic rings. The van der Waals surface area contributed by atoms with E-state index in [0.717, 1.165) is 18.5 Å². The lowest BCUT2D eigenvalue weighted by Crippen LogP contribution is -2.41. The number of pyridine rings is 2. The minimum absolute atomic E-state index is 0.0419. The SMILES string of the molecule is Cc1cccc(OC2CCN(C(=O)c3cccnc3)CC2)n1. The number of hydrogen-bond acceptors (Lipinski definition) is 4. The standard InChI is InChI=1S/C17H19N3O2/c1-13-4-2-6-16(19-13)22-15-7-10-20(11-8-15)17(21)14-5-3-9-18-12-14/h2-6,9,12,15H,7-8,10-11H2,1H3. The first-order chi connectivity index (χ1) is 10.7. The van der Waals surface area contributed by atoms with Gasteiger partial charge in [0.2, 0.25) is 5.88 Å². The number of nitrogens with zero attached hydrogens (tertiary/aromatic N) is 3. The van der Waals surface area contributed by atoms with Crippen LogP contribution in [0.2, 0.25) is 0 Å². The number of carbonyl (C=O) groups excluding carboxylic acids is 1. The lowest BCUT2D eigenvalue weighted by Gasteiger charge is -2.32. The van der Waals surface area contributed by atoms with Gasteiger partial charge in [0.05, 0.1) is 5.56 Å². The van der Waals surface area contributed by atoms with E-state index in [1.165, 1.54) is 0 Å². The van der Waals surface area contributed by atoms with E-state index in [0.29, 0.717) is 24.5 Å². The molecule has 0 N–H and O–H groups in total. The molecule has 3 rings (SSSR count). The van der Waals surface area contributed by atoms with E-state index in [4.69, 9.17) is 4.74 Å². The lowest BCUT2D eigenvalue weighted by molar-refractivity contribution is 0.0587. The smallest absolute Gasteiger partial charge is 0.255 e. The van der Waals surface area contributed by atoms with Crippen LogP contribution >= 0.6 is 0 Å². The summed E-state index contributed by atoms with van der Waals surface area (Å²) >= 11 is 0. The highest BCUT2D eigenvalue weighted by molar-refractivity contribution is 5.93. The van der Waals surface area contributed by atoms with Gasteiger partial charge in [-0.2, -0.15) is 0 Å². The van der Waals surface area contributed by atoms with Gasteiger partial charge in [-0.25, -0.2) is 4.98 Å². The quantitative estimate of drug-likeness (QED) is 0.873. The average molecular weight is 297 g/mol. The molecule has 1 fully saturated rings. The monoisotopic (exact) mass is 297 g/mol. The summed E-state index contributed by atoms with van der Waals surface area (Å²) in [7, 11) is 0. The summed E-state index contributed by atoms with van der Waals surface area (Å²) in [6.07, 6.45) is 5.04. The van der Waals surface area contributed by atoms with Gasteiger partial charge in [0.15, 0.2) is 0 Å². The molecule has 0 unspecified atom stereocenters. The predicted molar refractivity (Wildman–Crippen MR) is 82.8 cm³/mol. The number of ether oxygens (including phenoxy) is 1. The first-order valence-corrected chi connectivity index (χ1v) is 7.52. The highest BCUT2D eigenvalue weighted by atomic mass is 16.5. The molecule has 0 aliphatic carbocycles. The van der Waals surface area contributed by atoms with Crippen molar-refractivity contribution in [3.8, 4) is 5.88 Å². The van der Waals surface area contributed by atoms with E-state index < -0.39 is 0 Å². The number of likely N-dealkylation sites (tertiary alicyclic amines) is 1. The number of aromatic nitrogens is 2. The molecule has 0 aromatic carbocycles. The molecule has 2 aromatic heterocycles. The third kappa shape index (κ3) is 3.42. The number of piperidine rings is 1. The fourth-order valence-corrected chi connectivity index (χ4v) is 2.60. The van der Waals surface area contributed by atoms with Crippen LogP contribution in [0.4, 0.5) is 0 Å². The van der Waals surface area contributed by atoms with Crippen molar-refractivity contribution in [1.82, 2.24) is 14.9 Å². The van der Waals surface area contributed by atoms with Gasteiger partial charge in [-0.15, -0.1) is 0 Å². The molecular formula is C17H19N3O2. The Bertz CT molecular complexity index is 637. The maximum Gasteiger partial charge on any atom is 0.255 e. The Morgan fingerprint density at radius 1 is 1.23 bits per heavy atom. The van der Waals surface area contributed by atoms with E-state index in [1.807, 2.05) is 30.0 Å². The van der Waals surface area contributed by atoms with Gasteiger partial charge in [-0.3, -0.25) is 9.78 Å². The zero-order valence-corrected chi connectivity index (χ0v) is 12.6. The fraction of sp³-hybridized carbons (Fsp3) is 0.353. The zero-order valence-electron chi connectivity index (χ0n) is 12.6. The first-order valence-electron chi connectivity index (χ1n) is 7.52. The zero-order chi connectivity index (χ0) is 15.4. The topological polar surface area (TPSA) is 55.3 Å². The van der Waals surface area contributed by atoms with Crippen LogP contribution in [0.25, 0.3) is 0 Å². The summed E-state index contributed by atoms with van der Waals surface area (Å²) in [6, 6.07) is 9.35. The molecule has 0 atom stereocenters. The van der Waals surface area contributed by atoms with Gasteiger partial charge >= 0.3 is 0 Å². The molecule has 1 aliphatic heterocycles. The van der Waals surface area contributed by atoms with Crippen molar-refractivity contribution >= 4 is 5.91 Å². The predicted octanol–water partition coefficient (Wildman–Crippen LogP) is 2.47. The second-order valence-corrected chi connectivity index (χ2v) is 5.47. The molecule has 0 bridgehead atoms. The van der Waals surface area contributed by atoms with Crippen LogP contribution < -0.4 is 4.74 Å². The largest absolute Gasteiger partial charge is 0.474 e. The van der Waals surface area contributed by atoms with Crippen molar-refractivity contribution in [3.63, 3.8) is 0 Å². The Morgan fingerprint density at radius 3 is 2.73 bits per heavy atom. The van der Waals surface area contributed by atoms with Crippen LogP contribution in [0.5, 0.6) is 5.88 Å². The fourth-order valence-electron chi connectivity index (χ4n) is 2.60. The second kappa shape index (κ2) is 6.56. The minimum atomic E-state index is 0.0419. The number of amides is 1. The van der Waals surface area contributed by atoms with E-state index in [9.17, 15) is 4.79 Å². The summed E-state index contributed by atoms with van der Waals surface area (Å²) in [5.74, 6) is 0.706. The van der Waals surface area contributed by atoms with Crippen LogP contribution in [0.15, 0.2) is 42.7 Å². The summed E-state index contributed by atoms with van der Waals surface area (Å²) in [4.78, 5) is 22.6. The van der Waals surface area contributed by atoms with Crippen LogP contribution in [-0.4, -0.2) is 40.0 Å². The van der Waals surface area contributed by atoms with Crippen molar-refractivity contribution in [3.05, 3.63) is 54.0 Å². The van der Waals surface area contributed by atoms with Gasteiger partial charge in [0.25, 0.3) is 5.91 Å². The highest BCUT2D eigenvalue weighted by Crippen LogP contribution is 2.18. The summed E-state index contributed by atoms with van der Waals surface area (Å²) in [5.41, 5.74) is 1.59. The summed E-state index contributed by atoms with van der Waals surface area (Å²) in [5, 5.41) is 0. The Morgan fingerprint density at radius 2 is 2.05 bits per heavy atom. The number of aryl methyl sites for hydroxylation is 1. The molecule has 0 spiro atoms. The van der Waals surface area contributed by atoms with Gasteiger partial charge < -0.3 is 9.64 Å². The third-order valence-corrected chi connectivity index (χ3v) is 3.79. The molecule has 0 radical (unpaired) electrons. The molecule has 1 amide bonds. The van der Waals surface area contributed by atoms with Gasteiger partial charge in [-0.1, -0.05) is 6.07 Å². The molecule has 5 heteroatoms. The maximum absolute atomic E-state index is 12.3. The normalized spacial score (nSPS) is 15.6. The Labute approximate surface area is 130 Å². The molecule has 1 saturated heterocycles. The summed E-state index contributed by atoms with van der Waals surface area (Å²) < 4.78 is 5.91. The van der Waals surface area contributed by atoms with Crippen molar-refractivity contribution in [2.75, 3.05) is 13.1 Å². The van der Waals surface area contributed by atoms with Gasteiger partial charge in [-0.05, 0) is 25.1 Å². The van der Waals surface area contributed by atoms with E-state index >= 15 is 0 Å². The van der Waals surface area contributed by atoms with Crippen LogP contribution in [0.1, 0.15) is 28.9 Å². The second-order valence-electron chi connectivity index (χ2n) is 5.47. The summed E-state index contributed by atoms with van der Waals surface area (Å²) in [6.45, 7) is 3.34. The number of hydrogen-bond donors (Lipinski definition) is 0. The molecule has 22 heavy (non-hydrogen) atoms. The number of carbonyl (C=O) groups is 1. The van der Waals surface area contributed by atoms with Crippen molar-refractivity contribution in [1.29, 1.82) is 0 Å². The Hall–Kier alpha value is -2.43. The van der Waals surface area contributed by atoms with E-state index in [-0.39, 0.29) is 12.0 Å². The average Bonchev–Trinajstić information content (AvgIpc) is 2.56. The molecular weight excluding hydrogens is 278 g/mol. The van der Waals surface area contributed by atoms with Crippen molar-refractivity contribution in [2.45, 2.75) is 25.9 Å². The van der Waals surface area contributed by atoms with Gasteiger partial charge in [0.1, 0.15) is 6.10 Å². The first kappa shape index (κ1) is 14.5. The van der Waals surface area contributed by atoms with E-state index in [2.05, 4.69) is 9.97 Å². The van der Waals surface area contributed by atoms with Crippen molar-refractivity contribution in [2.24, 2.45) is 0 Å².